The fraction of sp³-hybridized carbons (Fsp3) is 0.857. The van der Waals surface area contributed by atoms with E-state index >= 15 is 0 Å². The summed E-state index contributed by atoms with van der Waals surface area (Å²) in [5.74, 6) is -1.05. The molecule has 0 unspecified atom stereocenters. The molecule has 0 radical (unpaired) electrons. The van der Waals surface area contributed by atoms with Gasteiger partial charge in [0.1, 0.15) is 0 Å². The van der Waals surface area contributed by atoms with Crippen molar-refractivity contribution >= 4 is 11.9 Å². The van der Waals surface area contributed by atoms with Crippen LogP contribution in [0.5, 0.6) is 0 Å². The zero-order valence-electron chi connectivity index (χ0n) is 11.4. The van der Waals surface area contributed by atoms with Crippen LogP contribution in [0.25, 0.3) is 0 Å². The first kappa shape index (κ1) is 15.0. The van der Waals surface area contributed by atoms with E-state index < -0.39 is 0 Å². The summed E-state index contributed by atoms with van der Waals surface area (Å²) < 4.78 is 10.3. The summed E-state index contributed by atoms with van der Waals surface area (Å²) in [6.07, 6.45) is 5.09. The smallest absolute Gasteiger partial charge is 0.309 e. The Morgan fingerprint density at radius 2 is 1.28 bits per heavy atom. The minimum Gasteiger partial charge on any atom is -0.465 e. The minimum absolute atomic E-state index is 0.227. The second-order valence-corrected chi connectivity index (χ2v) is 4.83. The van der Waals surface area contributed by atoms with Crippen molar-refractivity contribution in [3.8, 4) is 0 Å². The number of hydrogen-bond acceptors (Lipinski definition) is 4. The molecule has 1 saturated carbocycles. The Morgan fingerprint density at radius 3 is 1.61 bits per heavy atom. The molecule has 1 rings (SSSR count). The lowest BCUT2D eigenvalue weighted by Gasteiger charge is -2.28. The molecule has 1 aliphatic carbocycles. The van der Waals surface area contributed by atoms with Gasteiger partial charge < -0.3 is 9.47 Å². The average Bonchev–Trinajstić information content (AvgIpc) is 2.42. The first-order valence-corrected chi connectivity index (χ1v) is 7.04. The van der Waals surface area contributed by atoms with Gasteiger partial charge in [0.2, 0.25) is 0 Å². The van der Waals surface area contributed by atoms with Gasteiger partial charge >= 0.3 is 11.9 Å². The number of hydrogen-bond donors (Lipinski definition) is 0. The van der Waals surface area contributed by atoms with Gasteiger partial charge in [-0.15, -0.1) is 0 Å². The topological polar surface area (TPSA) is 52.6 Å². The van der Waals surface area contributed by atoms with E-state index in [1.165, 1.54) is 0 Å². The Kier molecular flexibility index (Phi) is 6.76. The van der Waals surface area contributed by atoms with Gasteiger partial charge in [-0.1, -0.05) is 26.7 Å². The molecule has 0 heterocycles. The van der Waals surface area contributed by atoms with Crippen LogP contribution >= 0.6 is 0 Å². The van der Waals surface area contributed by atoms with Crippen LogP contribution in [0.1, 0.15) is 52.4 Å². The normalized spacial score (nSPS) is 23.4. The largest absolute Gasteiger partial charge is 0.465 e. The summed E-state index contributed by atoms with van der Waals surface area (Å²) in [6, 6.07) is 0. The van der Waals surface area contributed by atoms with Gasteiger partial charge in [0.25, 0.3) is 0 Å². The molecule has 0 aromatic heterocycles. The van der Waals surface area contributed by atoms with Crippen molar-refractivity contribution in [2.45, 2.75) is 52.4 Å². The summed E-state index contributed by atoms with van der Waals surface area (Å²) in [7, 11) is 0. The van der Waals surface area contributed by atoms with E-state index in [1.807, 2.05) is 13.8 Å². The van der Waals surface area contributed by atoms with Crippen LogP contribution in [-0.2, 0) is 19.1 Å². The van der Waals surface area contributed by atoms with E-state index in [9.17, 15) is 9.59 Å². The van der Waals surface area contributed by atoms with Crippen molar-refractivity contribution in [3.63, 3.8) is 0 Å². The molecule has 104 valence electrons. The van der Waals surface area contributed by atoms with Crippen LogP contribution in [0.2, 0.25) is 0 Å². The monoisotopic (exact) mass is 256 g/mol. The van der Waals surface area contributed by atoms with E-state index in [0.717, 1.165) is 38.5 Å². The van der Waals surface area contributed by atoms with E-state index in [0.29, 0.717) is 13.2 Å². The molecule has 4 heteroatoms. The number of carbonyl (C=O) groups excluding carboxylic acids is 2. The van der Waals surface area contributed by atoms with Crippen molar-refractivity contribution in [1.82, 2.24) is 0 Å². The molecule has 2 atom stereocenters. The van der Waals surface area contributed by atoms with Crippen LogP contribution in [0.4, 0.5) is 0 Å². The maximum Gasteiger partial charge on any atom is 0.309 e. The fourth-order valence-corrected chi connectivity index (χ4v) is 2.31. The molecule has 0 aliphatic heterocycles. The van der Waals surface area contributed by atoms with Crippen LogP contribution in [0.15, 0.2) is 0 Å². The predicted molar refractivity (Wildman–Crippen MR) is 67.9 cm³/mol. The van der Waals surface area contributed by atoms with Crippen molar-refractivity contribution in [2.24, 2.45) is 11.8 Å². The van der Waals surface area contributed by atoms with Crippen molar-refractivity contribution in [3.05, 3.63) is 0 Å². The van der Waals surface area contributed by atoms with Crippen LogP contribution < -0.4 is 0 Å². The molecule has 0 bridgehead atoms. The third-order valence-corrected chi connectivity index (χ3v) is 3.27. The summed E-state index contributed by atoms with van der Waals surface area (Å²) in [4.78, 5) is 23.8. The molecule has 0 aromatic carbocycles. The Bertz CT molecular complexity index is 247. The van der Waals surface area contributed by atoms with Gasteiger partial charge in [-0.2, -0.15) is 0 Å². The summed E-state index contributed by atoms with van der Waals surface area (Å²) in [6.45, 7) is 4.79. The van der Waals surface area contributed by atoms with Crippen LogP contribution in [0, 0.1) is 11.8 Å². The zero-order valence-corrected chi connectivity index (χ0v) is 11.4. The summed E-state index contributed by atoms with van der Waals surface area (Å²) in [5.41, 5.74) is 0. The molecule has 0 N–H and O–H groups in total. The maximum atomic E-state index is 11.9. The number of ether oxygens (including phenoxy) is 2. The van der Waals surface area contributed by atoms with E-state index in [1.54, 1.807) is 0 Å². The van der Waals surface area contributed by atoms with Crippen molar-refractivity contribution < 1.29 is 19.1 Å². The highest BCUT2D eigenvalue weighted by Crippen LogP contribution is 2.32. The number of carbonyl (C=O) groups is 2. The van der Waals surface area contributed by atoms with E-state index in [-0.39, 0.29) is 23.8 Å². The Balaban J connectivity index is 2.55. The molecular formula is C14H24O4. The zero-order chi connectivity index (χ0) is 13.4. The molecular weight excluding hydrogens is 232 g/mol. The molecule has 0 aromatic rings. The molecule has 1 fully saturated rings. The molecule has 18 heavy (non-hydrogen) atoms. The van der Waals surface area contributed by atoms with Crippen molar-refractivity contribution in [1.29, 1.82) is 0 Å². The first-order valence-electron chi connectivity index (χ1n) is 7.04. The number of rotatable bonds is 6. The minimum atomic E-state index is -0.297. The lowest BCUT2D eigenvalue weighted by molar-refractivity contribution is -0.162. The third-order valence-electron chi connectivity index (χ3n) is 3.27. The van der Waals surface area contributed by atoms with E-state index in [4.69, 9.17) is 9.47 Å². The predicted octanol–water partition coefficient (Wildman–Crippen LogP) is 2.70. The maximum absolute atomic E-state index is 11.9. The Labute approximate surface area is 109 Å². The summed E-state index contributed by atoms with van der Waals surface area (Å²) >= 11 is 0. The van der Waals surface area contributed by atoms with Gasteiger partial charge in [-0.3, -0.25) is 9.59 Å². The summed E-state index contributed by atoms with van der Waals surface area (Å²) in [5, 5.41) is 0. The highest BCUT2D eigenvalue weighted by atomic mass is 16.5. The van der Waals surface area contributed by atoms with Gasteiger partial charge in [0.15, 0.2) is 0 Å². The average molecular weight is 256 g/mol. The lowest BCUT2D eigenvalue weighted by atomic mass is 9.79. The first-order chi connectivity index (χ1) is 8.70. The Morgan fingerprint density at radius 1 is 0.889 bits per heavy atom. The standard InChI is InChI=1S/C14H24O4/c1-3-9-17-13(15)11-7-5-6-8-12(11)14(16)18-10-4-2/h11-12H,3-10H2,1-2H3/t11-,12-/m1/s1. The quantitative estimate of drug-likeness (QED) is 0.686. The van der Waals surface area contributed by atoms with Crippen molar-refractivity contribution in [2.75, 3.05) is 13.2 Å². The second-order valence-electron chi connectivity index (χ2n) is 4.83. The molecule has 0 amide bonds. The SMILES string of the molecule is CCCOC(=O)[C@@H]1CCCC[C@H]1C(=O)OCCC. The molecule has 1 aliphatic rings. The number of esters is 2. The van der Waals surface area contributed by atoms with Crippen LogP contribution in [0.3, 0.4) is 0 Å². The molecule has 0 spiro atoms. The fourth-order valence-electron chi connectivity index (χ4n) is 2.31. The van der Waals surface area contributed by atoms with Gasteiger partial charge in [0, 0.05) is 0 Å². The van der Waals surface area contributed by atoms with Crippen LogP contribution in [-0.4, -0.2) is 25.2 Å². The van der Waals surface area contributed by atoms with E-state index in [2.05, 4.69) is 0 Å². The second kappa shape index (κ2) is 8.11. The molecule has 0 saturated heterocycles. The van der Waals surface area contributed by atoms with Gasteiger partial charge in [-0.25, -0.2) is 0 Å². The highest BCUT2D eigenvalue weighted by Gasteiger charge is 2.37. The van der Waals surface area contributed by atoms with Gasteiger partial charge in [-0.05, 0) is 25.7 Å². The molecule has 4 nitrogen and oxygen atoms in total. The third kappa shape index (κ3) is 4.31. The lowest BCUT2D eigenvalue weighted by Crippen LogP contribution is -2.35. The highest BCUT2D eigenvalue weighted by molar-refractivity contribution is 5.82. The van der Waals surface area contributed by atoms with Gasteiger partial charge in [0.05, 0.1) is 25.0 Å². The Hall–Kier alpha value is -1.06.